The molecular weight excluding hydrogens is 270 g/mol. The van der Waals surface area contributed by atoms with Gasteiger partial charge in [-0.25, -0.2) is 0 Å². The Bertz CT molecular complexity index is 805. The number of hydrogen-bond acceptors (Lipinski definition) is 3. The maximum atomic E-state index is 12.1. The number of aromatic nitrogens is 1. The molecule has 0 aliphatic carbocycles. The summed E-state index contributed by atoms with van der Waals surface area (Å²) in [6.45, 7) is 0.151. The number of carbonyl (C=O) groups excluding carboxylic acids is 1. The van der Waals surface area contributed by atoms with E-state index in [1.165, 1.54) is 11.3 Å². The summed E-state index contributed by atoms with van der Waals surface area (Å²) in [5, 5.41) is 10.8. The predicted octanol–water partition coefficient (Wildman–Crippen LogP) is 2.82. The molecular formula is C15H13N3OS. The fraction of sp³-hybridized carbons (Fsp3) is 0.0667. The normalized spacial score (nSPS) is 10.6. The summed E-state index contributed by atoms with van der Waals surface area (Å²) in [7, 11) is 0. The third kappa shape index (κ3) is 2.48. The van der Waals surface area contributed by atoms with E-state index >= 15 is 0 Å². The van der Waals surface area contributed by atoms with Crippen molar-refractivity contribution in [1.29, 1.82) is 5.41 Å². The van der Waals surface area contributed by atoms with Gasteiger partial charge in [-0.15, -0.1) is 0 Å². The van der Waals surface area contributed by atoms with Crippen LogP contribution in [0.5, 0.6) is 0 Å². The number of benzene rings is 2. The Hall–Kier alpha value is -2.40. The highest BCUT2D eigenvalue weighted by atomic mass is 32.1. The molecule has 100 valence electrons. The van der Waals surface area contributed by atoms with Gasteiger partial charge in [0.25, 0.3) is 0 Å². The van der Waals surface area contributed by atoms with Gasteiger partial charge in [-0.05, 0) is 24.3 Å². The van der Waals surface area contributed by atoms with Gasteiger partial charge in [-0.3, -0.25) is 10.2 Å². The number of rotatable bonds is 3. The average Bonchev–Trinajstić information content (AvgIpc) is 2.76. The topological polar surface area (TPSA) is 57.9 Å². The summed E-state index contributed by atoms with van der Waals surface area (Å²) in [5.41, 5.74) is 1.69. The van der Waals surface area contributed by atoms with Crippen molar-refractivity contribution in [3.63, 3.8) is 0 Å². The first kappa shape index (κ1) is 12.6. The standard InChI is InChI=1S/C15H13N3OS/c16-15-18(12-8-4-5-9-13(12)20-15)10-14(19)17-11-6-2-1-3-7-11/h1-9,16H,10H2,(H,17,19). The molecule has 1 aromatic heterocycles. The van der Waals surface area contributed by atoms with Crippen LogP contribution in [0.1, 0.15) is 0 Å². The number of amides is 1. The van der Waals surface area contributed by atoms with Gasteiger partial charge in [0.1, 0.15) is 6.54 Å². The van der Waals surface area contributed by atoms with Crippen LogP contribution >= 0.6 is 11.3 Å². The molecule has 3 rings (SSSR count). The minimum Gasteiger partial charge on any atom is -0.325 e. The Kier molecular flexibility index (Phi) is 3.35. The van der Waals surface area contributed by atoms with E-state index in [0.717, 1.165) is 15.9 Å². The van der Waals surface area contributed by atoms with Gasteiger partial charge >= 0.3 is 0 Å². The number of fused-ring (bicyclic) bond motifs is 1. The minimum absolute atomic E-state index is 0.127. The van der Waals surface area contributed by atoms with Crippen molar-refractivity contribution in [2.45, 2.75) is 6.54 Å². The van der Waals surface area contributed by atoms with Crippen LogP contribution in [0.15, 0.2) is 54.6 Å². The maximum absolute atomic E-state index is 12.1. The Labute approximate surface area is 119 Å². The van der Waals surface area contributed by atoms with Crippen molar-refractivity contribution in [2.24, 2.45) is 0 Å². The maximum Gasteiger partial charge on any atom is 0.244 e. The molecule has 5 heteroatoms. The average molecular weight is 283 g/mol. The summed E-state index contributed by atoms with van der Waals surface area (Å²) < 4.78 is 2.74. The van der Waals surface area contributed by atoms with E-state index in [1.54, 1.807) is 4.57 Å². The van der Waals surface area contributed by atoms with Crippen LogP contribution in [0, 0.1) is 5.41 Å². The molecule has 1 amide bonds. The molecule has 0 aliphatic rings. The van der Waals surface area contributed by atoms with Crippen molar-refractivity contribution in [3.8, 4) is 0 Å². The number of anilines is 1. The first-order valence-electron chi connectivity index (χ1n) is 6.22. The van der Waals surface area contributed by atoms with Crippen LogP contribution in [-0.4, -0.2) is 10.5 Å². The first-order chi connectivity index (χ1) is 9.74. The Balaban J connectivity index is 1.85. The van der Waals surface area contributed by atoms with Crippen LogP contribution in [0.3, 0.4) is 0 Å². The number of para-hydroxylation sites is 2. The van der Waals surface area contributed by atoms with Gasteiger partial charge in [0, 0.05) is 5.69 Å². The van der Waals surface area contributed by atoms with Crippen molar-refractivity contribution < 1.29 is 4.79 Å². The SMILES string of the molecule is N=c1sc2ccccc2n1CC(=O)Nc1ccccc1. The molecule has 0 saturated heterocycles. The molecule has 4 nitrogen and oxygen atoms in total. The van der Waals surface area contributed by atoms with E-state index < -0.39 is 0 Å². The van der Waals surface area contributed by atoms with Gasteiger partial charge < -0.3 is 9.88 Å². The zero-order chi connectivity index (χ0) is 13.9. The van der Waals surface area contributed by atoms with E-state index in [1.807, 2.05) is 54.6 Å². The minimum atomic E-state index is -0.127. The fourth-order valence-electron chi connectivity index (χ4n) is 2.06. The molecule has 2 aromatic carbocycles. The van der Waals surface area contributed by atoms with Crippen molar-refractivity contribution in [2.75, 3.05) is 5.32 Å². The number of hydrogen-bond donors (Lipinski definition) is 2. The second-order valence-electron chi connectivity index (χ2n) is 4.38. The van der Waals surface area contributed by atoms with Crippen LogP contribution in [-0.2, 0) is 11.3 Å². The highest BCUT2D eigenvalue weighted by Crippen LogP contribution is 2.16. The van der Waals surface area contributed by atoms with Gasteiger partial charge in [-0.2, -0.15) is 0 Å². The fourth-order valence-corrected chi connectivity index (χ4v) is 2.97. The molecule has 1 heterocycles. The van der Waals surface area contributed by atoms with E-state index in [2.05, 4.69) is 5.32 Å². The molecule has 0 fully saturated rings. The summed E-state index contributed by atoms with van der Waals surface area (Å²) >= 11 is 1.38. The molecule has 2 N–H and O–H groups in total. The molecule has 0 aliphatic heterocycles. The van der Waals surface area contributed by atoms with Crippen LogP contribution in [0.4, 0.5) is 5.69 Å². The first-order valence-corrected chi connectivity index (χ1v) is 7.03. The van der Waals surface area contributed by atoms with E-state index in [9.17, 15) is 4.79 Å². The summed E-state index contributed by atoms with van der Waals surface area (Å²) in [6, 6.07) is 17.1. The molecule has 0 atom stereocenters. The Morgan fingerprint density at radius 2 is 1.80 bits per heavy atom. The lowest BCUT2D eigenvalue weighted by Crippen LogP contribution is -2.24. The number of carbonyl (C=O) groups is 1. The molecule has 0 unspecified atom stereocenters. The Morgan fingerprint density at radius 3 is 2.60 bits per heavy atom. The van der Waals surface area contributed by atoms with Gasteiger partial charge in [0.2, 0.25) is 5.91 Å². The molecule has 0 saturated carbocycles. The predicted molar refractivity (Wildman–Crippen MR) is 80.7 cm³/mol. The van der Waals surface area contributed by atoms with Gasteiger partial charge in [0.05, 0.1) is 10.2 Å². The third-order valence-corrected chi connectivity index (χ3v) is 3.95. The number of thiazole rings is 1. The lowest BCUT2D eigenvalue weighted by Gasteiger charge is -2.06. The largest absolute Gasteiger partial charge is 0.325 e. The summed E-state index contributed by atoms with van der Waals surface area (Å²) in [5.74, 6) is -0.127. The quantitative estimate of drug-likeness (QED) is 0.763. The highest BCUT2D eigenvalue weighted by Gasteiger charge is 2.09. The highest BCUT2D eigenvalue weighted by molar-refractivity contribution is 7.16. The molecule has 0 bridgehead atoms. The lowest BCUT2D eigenvalue weighted by atomic mass is 10.3. The van der Waals surface area contributed by atoms with Crippen LogP contribution in [0.25, 0.3) is 10.2 Å². The van der Waals surface area contributed by atoms with Crippen LogP contribution < -0.4 is 10.1 Å². The van der Waals surface area contributed by atoms with E-state index in [-0.39, 0.29) is 12.5 Å². The summed E-state index contributed by atoms with van der Waals surface area (Å²) in [6.07, 6.45) is 0. The zero-order valence-corrected chi connectivity index (χ0v) is 11.5. The second kappa shape index (κ2) is 5.30. The monoisotopic (exact) mass is 283 g/mol. The van der Waals surface area contributed by atoms with Crippen molar-refractivity contribution in [1.82, 2.24) is 4.57 Å². The van der Waals surface area contributed by atoms with Crippen molar-refractivity contribution >= 4 is 33.1 Å². The second-order valence-corrected chi connectivity index (χ2v) is 5.41. The van der Waals surface area contributed by atoms with E-state index in [4.69, 9.17) is 5.41 Å². The van der Waals surface area contributed by atoms with E-state index in [0.29, 0.717) is 4.80 Å². The number of nitrogens with zero attached hydrogens (tertiary/aromatic N) is 1. The van der Waals surface area contributed by atoms with Crippen molar-refractivity contribution in [3.05, 3.63) is 59.4 Å². The van der Waals surface area contributed by atoms with Crippen LogP contribution in [0.2, 0.25) is 0 Å². The molecule has 0 radical (unpaired) electrons. The summed E-state index contributed by atoms with van der Waals surface area (Å²) in [4.78, 5) is 12.4. The molecule has 0 spiro atoms. The van der Waals surface area contributed by atoms with Gasteiger partial charge in [-0.1, -0.05) is 41.7 Å². The zero-order valence-electron chi connectivity index (χ0n) is 10.7. The molecule has 20 heavy (non-hydrogen) atoms. The number of nitrogens with one attached hydrogen (secondary N) is 2. The Morgan fingerprint density at radius 1 is 1.10 bits per heavy atom. The lowest BCUT2D eigenvalue weighted by molar-refractivity contribution is -0.116. The van der Waals surface area contributed by atoms with Gasteiger partial charge in [0.15, 0.2) is 4.80 Å². The smallest absolute Gasteiger partial charge is 0.244 e. The third-order valence-electron chi connectivity index (χ3n) is 2.97. The molecule has 3 aromatic rings.